The van der Waals surface area contributed by atoms with E-state index in [9.17, 15) is 4.39 Å². The highest BCUT2D eigenvalue weighted by molar-refractivity contribution is 5.19. The Morgan fingerprint density at radius 3 is 2.63 bits per heavy atom. The molecule has 0 fully saturated rings. The summed E-state index contributed by atoms with van der Waals surface area (Å²) in [4.78, 5) is 0. The quantitative estimate of drug-likeness (QED) is 0.837. The van der Waals surface area contributed by atoms with Gasteiger partial charge in [0.05, 0.1) is 0 Å². The summed E-state index contributed by atoms with van der Waals surface area (Å²) in [7, 11) is 0. The third kappa shape index (κ3) is 3.93. The topological polar surface area (TPSA) is 17.0 Å². The van der Waals surface area contributed by atoms with Crippen LogP contribution in [-0.4, -0.2) is 11.1 Å². The number of nitrogens with zero attached hydrogens (tertiary/aromatic N) is 1. The first-order chi connectivity index (χ1) is 9.19. The van der Waals surface area contributed by atoms with Crippen LogP contribution in [0.15, 0.2) is 42.7 Å². The Morgan fingerprint density at radius 1 is 1.21 bits per heavy atom. The molecule has 1 atom stereocenters. The van der Waals surface area contributed by atoms with E-state index in [4.69, 9.17) is 0 Å². The van der Waals surface area contributed by atoms with Crippen molar-refractivity contribution in [1.29, 1.82) is 0 Å². The fourth-order valence-corrected chi connectivity index (χ4v) is 2.09. The first-order valence-corrected chi connectivity index (χ1v) is 6.82. The Kier molecular flexibility index (Phi) is 4.74. The minimum absolute atomic E-state index is 0.186. The molecule has 2 nitrogen and oxygen atoms in total. The Hall–Kier alpha value is -1.61. The van der Waals surface area contributed by atoms with Crippen molar-refractivity contribution in [3.8, 4) is 0 Å². The maximum absolute atomic E-state index is 12.8. The summed E-state index contributed by atoms with van der Waals surface area (Å²) in [6.45, 7) is 6.15. The number of hydrogen-bond donors (Lipinski definition) is 1. The third-order valence-electron chi connectivity index (χ3n) is 3.25. The first kappa shape index (κ1) is 13.8. The number of nitrogens with one attached hydrogen (secondary N) is 1. The molecule has 0 aliphatic rings. The average Bonchev–Trinajstić information content (AvgIpc) is 2.87. The second kappa shape index (κ2) is 6.53. The monoisotopic (exact) mass is 260 g/mol. The predicted molar refractivity (Wildman–Crippen MR) is 76.6 cm³/mol. The van der Waals surface area contributed by atoms with Gasteiger partial charge in [0.15, 0.2) is 0 Å². The van der Waals surface area contributed by atoms with Gasteiger partial charge in [0.25, 0.3) is 0 Å². The molecule has 0 aliphatic heterocycles. The van der Waals surface area contributed by atoms with Crippen LogP contribution in [0.3, 0.4) is 0 Å². The lowest BCUT2D eigenvalue weighted by Crippen LogP contribution is -2.18. The summed E-state index contributed by atoms with van der Waals surface area (Å²) < 4.78 is 15.0. The van der Waals surface area contributed by atoms with Gasteiger partial charge in [0.2, 0.25) is 0 Å². The van der Waals surface area contributed by atoms with Crippen LogP contribution in [0.25, 0.3) is 0 Å². The van der Waals surface area contributed by atoms with Crippen LogP contribution < -0.4 is 5.32 Å². The standard InChI is InChI=1S/C16H21FN2/c1-3-9-18-13(2)15-8-10-19(12-15)11-14-4-6-16(17)7-5-14/h4-8,10,12-13,18H,3,9,11H2,1-2H3. The van der Waals surface area contributed by atoms with Crippen LogP contribution in [0, 0.1) is 5.82 Å². The molecule has 1 aromatic carbocycles. The van der Waals surface area contributed by atoms with E-state index in [2.05, 4.69) is 42.2 Å². The van der Waals surface area contributed by atoms with Crippen molar-refractivity contribution in [3.63, 3.8) is 0 Å². The molecule has 102 valence electrons. The number of benzene rings is 1. The lowest BCUT2D eigenvalue weighted by atomic mass is 10.2. The lowest BCUT2D eigenvalue weighted by Gasteiger charge is -2.11. The molecule has 0 spiro atoms. The SMILES string of the molecule is CCCNC(C)c1ccn(Cc2ccc(F)cc2)c1. The highest BCUT2D eigenvalue weighted by Crippen LogP contribution is 2.14. The summed E-state index contributed by atoms with van der Waals surface area (Å²) in [6, 6.07) is 9.17. The van der Waals surface area contributed by atoms with Crippen molar-refractivity contribution < 1.29 is 4.39 Å². The number of hydrogen-bond acceptors (Lipinski definition) is 1. The van der Waals surface area contributed by atoms with E-state index in [0.29, 0.717) is 6.04 Å². The van der Waals surface area contributed by atoms with Gasteiger partial charge in [-0.1, -0.05) is 19.1 Å². The van der Waals surface area contributed by atoms with Gasteiger partial charge >= 0.3 is 0 Å². The second-order valence-corrected chi connectivity index (χ2v) is 4.92. The molecule has 0 saturated heterocycles. The summed E-state index contributed by atoms with van der Waals surface area (Å²) >= 11 is 0. The van der Waals surface area contributed by atoms with Gasteiger partial charge in [-0.05, 0) is 49.2 Å². The van der Waals surface area contributed by atoms with Gasteiger partial charge in [0, 0.05) is 25.0 Å². The zero-order valence-electron chi connectivity index (χ0n) is 11.6. The van der Waals surface area contributed by atoms with Crippen LogP contribution in [-0.2, 0) is 6.54 Å². The summed E-state index contributed by atoms with van der Waals surface area (Å²) in [5.74, 6) is -0.186. The van der Waals surface area contributed by atoms with E-state index in [-0.39, 0.29) is 5.82 Å². The van der Waals surface area contributed by atoms with E-state index < -0.39 is 0 Å². The molecule has 3 heteroatoms. The van der Waals surface area contributed by atoms with Crippen molar-refractivity contribution in [2.75, 3.05) is 6.54 Å². The van der Waals surface area contributed by atoms with E-state index in [0.717, 1.165) is 25.1 Å². The van der Waals surface area contributed by atoms with Crippen LogP contribution in [0.5, 0.6) is 0 Å². The minimum Gasteiger partial charge on any atom is -0.350 e. The lowest BCUT2D eigenvalue weighted by molar-refractivity contribution is 0.569. The molecular formula is C16H21FN2. The smallest absolute Gasteiger partial charge is 0.123 e. The van der Waals surface area contributed by atoms with Gasteiger partial charge in [-0.25, -0.2) is 4.39 Å². The van der Waals surface area contributed by atoms with Crippen LogP contribution >= 0.6 is 0 Å². The van der Waals surface area contributed by atoms with Crippen LogP contribution in [0.2, 0.25) is 0 Å². The molecule has 0 saturated carbocycles. The molecule has 0 amide bonds. The molecule has 1 heterocycles. The molecule has 1 N–H and O–H groups in total. The fourth-order valence-electron chi connectivity index (χ4n) is 2.09. The zero-order valence-corrected chi connectivity index (χ0v) is 11.6. The van der Waals surface area contributed by atoms with Crippen LogP contribution in [0.4, 0.5) is 4.39 Å². The summed E-state index contributed by atoms with van der Waals surface area (Å²) in [5.41, 5.74) is 2.40. The number of aromatic nitrogens is 1. The van der Waals surface area contributed by atoms with Crippen molar-refractivity contribution in [1.82, 2.24) is 9.88 Å². The molecule has 19 heavy (non-hydrogen) atoms. The average molecular weight is 260 g/mol. The molecule has 0 aliphatic carbocycles. The van der Waals surface area contributed by atoms with E-state index >= 15 is 0 Å². The molecule has 0 bridgehead atoms. The van der Waals surface area contributed by atoms with Crippen molar-refractivity contribution in [3.05, 3.63) is 59.7 Å². The maximum atomic E-state index is 12.8. The molecule has 1 aromatic heterocycles. The van der Waals surface area contributed by atoms with Crippen LogP contribution in [0.1, 0.15) is 37.4 Å². The Morgan fingerprint density at radius 2 is 1.95 bits per heavy atom. The first-order valence-electron chi connectivity index (χ1n) is 6.82. The Bertz CT molecular complexity index is 502. The third-order valence-corrected chi connectivity index (χ3v) is 3.25. The highest BCUT2D eigenvalue weighted by atomic mass is 19.1. The van der Waals surface area contributed by atoms with E-state index in [1.54, 1.807) is 0 Å². The molecular weight excluding hydrogens is 239 g/mol. The van der Waals surface area contributed by atoms with Gasteiger partial charge in [0.1, 0.15) is 5.82 Å². The van der Waals surface area contributed by atoms with Gasteiger partial charge in [-0.2, -0.15) is 0 Å². The fraction of sp³-hybridized carbons (Fsp3) is 0.375. The van der Waals surface area contributed by atoms with E-state index in [1.165, 1.54) is 17.7 Å². The predicted octanol–water partition coefficient (Wildman–Crippen LogP) is 3.74. The number of rotatable bonds is 6. The second-order valence-electron chi connectivity index (χ2n) is 4.92. The highest BCUT2D eigenvalue weighted by Gasteiger charge is 2.06. The van der Waals surface area contributed by atoms with E-state index in [1.807, 2.05) is 12.1 Å². The molecule has 2 rings (SSSR count). The number of halogens is 1. The van der Waals surface area contributed by atoms with Gasteiger partial charge in [-0.15, -0.1) is 0 Å². The summed E-state index contributed by atoms with van der Waals surface area (Å²) in [6.07, 6.45) is 5.36. The molecule has 0 radical (unpaired) electrons. The largest absolute Gasteiger partial charge is 0.350 e. The van der Waals surface area contributed by atoms with Crippen molar-refractivity contribution >= 4 is 0 Å². The maximum Gasteiger partial charge on any atom is 0.123 e. The normalized spacial score (nSPS) is 12.6. The Balaban J connectivity index is 1.98. The zero-order chi connectivity index (χ0) is 13.7. The summed E-state index contributed by atoms with van der Waals surface area (Å²) in [5, 5.41) is 3.47. The van der Waals surface area contributed by atoms with Crippen molar-refractivity contribution in [2.45, 2.75) is 32.9 Å². The van der Waals surface area contributed by atoms with Crippen molar-refractivity contribution in [2.24, 2.45) is 0 Å². The Labute approximate surface area is 114 Å². The van der Waals surface area contributed by atoms with Gasteiger partial charge < -0.3 is 9.88 Å². The molecule has 1 unspecified atom stereocenters. The van der Waals surface area contributed by atoms with Gasteiger partial charge in [-0.3, -0.25) is 0 Å². The minimum atomic E-state index is -0.186. The molecule has 2 aromatic rings.